The zero-order valence-corrected chi connectivity index (χ0v) is 25.7. The van der Waals surface area contributed by atoms with E-state index in [9.17, 15) is 101 Å². The van der Waals surface area contributed by atoms with Crippen molar-refractivity contribution in [3.8, 4) is 28.0 Å². The molecule has 0 saturated heterocycles. The van der Waals surface area contributed by atoms with Gasteiger partial charge in [-0.15, -0.1) is 0 Å². The Bertz CT molecular complexity index is 2040. The Kier molecular flexibility index (Phi) is 13.8. The van der Waals surface area contributed by atoms with Gasteiger partial charge in [0.25, 0.3) is 0 Å². The molecular weight excluding hydrogens is 856 g/mol. The summed E-state index contributed by atoms with van der Waals surface area (Å²) < 4.78 is 304. The van der Waals surface area contributed by atoms with Gasteiger partial charge in [0, 0.05) is 0 Å². The Labute approximate surface area is 297 Å². The maximum Gasteiger partial charge on any atom is 0.707 e. The van der Waals surface area contributed by atoms with Crippen molar-refractivity contribution in [2.45, 2.75) is 0 Å². The van der Waals surface area contributed by atoms with Crippen LogP contribution in [0.5, 0.6) is 5.75 Å². The van der Waals surface area contributed by atoms with E-state index in [1.54, 1.807) is 0 Å². The van der Waals surface area contributed by atoms with Gasteiger partial charge in [-0.1, -0.05) is 0 Å². The Balaban J connectivity index is 0.000000237. The van der Waals surface area contributed by atoms with Gasteiger partial charge < -0.3 is 14.7 Å². The van der Waals surface area contributed by atoms with Gasteiger partial charge in [-0.25, -0.2) is 96.6 Å². The van der Waals surface area contributed by atoms with Gasteiger partial charge in [-0.3, -0.25) is 0 Å². The van der Waals surface area contributed by atoms with E-state index in [0.29, 0.717) is 6.07 Å². The summed E-state index contributed by atoms with van der Waals surface area (Å²) in [5.41, 5.74) is -9.04. The summed E-state index contributed by atoms with van der Waals surface area (Å²) >= 11 is 0. The summed E-state index contributed by atoms with van der Waals surface area (Å²) in [5, 5.41) is 16.5. The molecule has 306 valence electrons. The first-order valence-corrected chi connectivity index (χ1v) is 13.5. The van der Waals surface area contributed by atoms with Gasteiger partial charge >= 0.3 is 7.32 Å². The van der Waals surface area contributed by atoms with Crippen molar-refractivity contribution >= 4 is 7.32 Å². The van der Waals surface area contributed by atoms with Gasteiger partial charge in [0.05, 0.1) is 22.3 Å². The largest absolute Gasteiger partial charge is 0.707 e. The third-order valence-electron chi connectivity index (χ3n) is 6.57. The van der Waals surface area contributed by atoms with Crippen molar-refractivity contribution in [1.29, 1.82) is 0 Å². The standard InChI is InChI=1S/2C12F10.C6H4BF3O3/c2*13-3-1(4(14)8(18)11(21)7(3)17)2-5(15)9(19)12(22)10(20)6(2)16;8-3-1-2-4(13-7(11)12)6(10)5(3)9/h;;1-2,11-12H. The molecule has 0 radical (unpaired) electrons. The van der Waals surface area contributed by atoms with Crippen LogP contribution < -0.4 is 4.65 Å². The molecule has 0 saturated carbocycles. The van der Waals surface area contributed by atoms with Crippen LogP contribution in [0.15, 0.2) is 12.1 Å². The van der Waals surface area contributed by atoms with Crippen molar-refractivity contribution in [1.82, 2.24) is 0 Å². The predicted molar refractivity (Wildman–Crippen MR) is 140 cm³/mol. The molecule has 0 aliphatic carbocycles. The normalized spacial score (nSPS) is 10.9. The van der Waals surface area contributed by atoms with Crippen LogP contribution in [0.3, 0.4) is 0 Å². The Morgan fingerprint density at radius 2 is 0.456 bits per heavy atom. The highest BCUT2D eigenvalue weighted by atomic mass is 19.2. The van der Waals surface area contributed by atoms with Gasteiger partial charge in [-0.05, 0) is 12.1 Å². The maximum absolute atomic E-state index is 13.4. The summed E-state index contributed by atoms with van der Waals surface area (Å²) in [7, 11) is -2.28. The first-order chi connectivity index (χ1) is 26.2. The van der Waals surface area contributed by atoms with E-state index in [2.05, 4.69) is 4.65 Å². The van der Waals surface area contributed by atoms with Crippen LogP contribution >= 0.6 is 0 Å². The number of hydrogen-bond acceptors (Lipinski definition) is 3. The first-order valence-electron chi connectivity index (χ1n) is 13.5. The molecule has 0 unspecified atom stereocenters. The fraction of sp³-hybridized carbons (Fsp3) is 0. The molecule has 0 aliphatic rings. The summed E-state index contributed by atoms with van der Waals surface area (Å²) in [5.74, 6) is -58.8. The van der Waals surface area contributed by atoms with Crippen LogP contribution in [-0.2, 0) is 0 Å². The van der Waals surface area contributed by atoms with Crippen LogP contribution in [0, 0.1) is 134 Å². The van der Waals surface area contributed by atoms with Crippen LogP contribution in [0.25, 0.3) is 22.3 Å². The molecule has 0 fully saturated rings. The summed E-state index contributed by atoms with van der Waals surface area (Å²) in [6.45, 7) is 0. The lowest BCUT2D eigenvalue weighted by Gasteiger charge is -2.11. The van der Waals surface area contributed by atoms with E-state index in [4.69, 9.17) is 10.0 Å². The van der Waals surface area contributed by atoms with Crippen molar-refractivity contribution < 1.29 is 116 Å². The molecule has 5 rings (SSSR count). The molecule has 3 nitrogen and oxygen atoms in total. The zero-order chi connectivity index (χ0) is 43.9. The third-order valence-corrected chi connectivity index (χ3v) is 6.57. The van der Waals surface area contributed by atoms with E-state index in [-0.39, 0.29) is 0 Å². The molecule has 5 aromatic rings. The Hall–Kier alpha value is -5.73. The average Bonchev–Trinajstić information content (AvgIpc) is 3.17. The summed E-state index contributed by atoms with van der Waals surface area (Å²) in [6.07, 6.45) is 0. The van der Waals surface area contributed by atoms with Crippen LogP contribution in [-0.4, -0.2) is 17.4 Å². The SMILES string of the molecule is Fc1c(F)c(F)c(-c2c(F)c(F)c(F)c(F)c2F)c(F)c1F.Fc1c(F)c(F)c(-c2c(F)c(F)c(F)c(F)c2F)c(F)c1F.OB(O)Oc1ccc(F)c(F)c1F. The Morgan fingerprint density at radius 1 is 0.263 bits per heavy atom. The van der Waals surface area contributed by atoms with Crippen molar-refractivity contribution in [3.05, 3.63) is 146 Å². The molecule has 0 bridgehead atoms. The fourth-order valence-electron chi connectivity index (χ4n) is 4.01. The highest BCUT2D eigenvalue weighted by molar-refractivity contribution is 6.33. The highest BCUT2D eigenvalue weighted by Gasteiger charge is 2.36. The van der Waals surface area contributed by atoms with Gasteiger partial charge in [0.1, 0.15) is 5.75 Å². The molecule has 0 spiro atoms. The molecule has 0 amide bonds. The fourth-order valence-corrected chi connectivity index (χ4v) is 4.01. The third kappa shape index (κ3) is 8.24. The lowest BCUT2D eigenvalue weighted by molar-refractivity contribution is 0.278. The van der Waals surface area contributed by atoms with Crippen molar-refractivity contribution in [3.63, 3.8) is 0 Å². The van der Waals surface area contributed by atoms with Gasteiger partial charge in [0.2, 0.25) is 29.1 Å². The predicted octanol–water partition coefficient (Wildman–Crippen LogP) is 9.94. The van der Waals surface area contributed by atoms with E-state index in [1.165, 1.54) is 0 Å². The monoisotopic (exact) mass is 860 g/mol. The van der Waals surface area contributed by atoms with Crippen LogP contribution in [0.1, 0.15) is 0 Å². The lowest BCUT2D eigenvalue weighted by atomic mass is 10.0. The van der Waals surface area contributed by atoms with E-state index >= 15 is 0 Å². The Morgan fingerprint density at radius 3 is 0.649 bits per heavy atom. The molecule has 27 heteroatoms. The topological polar surface area (TPSA) is 49.7 Å². The number of hydrogen-bond donors (Lipinski definition) is 2. The average molecular weight is 860 g/mol. The first kappa shape index (κ1) is 45.7. The van der Waals surface area contributed by atoms with Crippen molar-refractivity contribution in [2.75, 3.05) is 0 Å². The summed E-state index contributed by atoms with van der Waals surface area (Å²) in [4.78, 5) is 0. The molecule has 0 atom stereocenters. The lowest BCUT2D eigenvalue weighted by Crippen LogP contribution is -2.21. The highest BCUT2D eigenvalue weighted by Crippen LogP contribution is 2.39. The van der Waals surface area contributed by atoms with E-state index in [0.717, 1.165) is 6.07 Å². The molecule has 0 aromatic heterocycles. The second-order valence-corrected chi connectivity index (χ2v) is 9.90. The van der Waals surface area contributed by atoms with E-state index < -0.39 is 169 Å². The quantitative estimate of drug-likeness (QED) is 0.0820. The minimum absolute atomic E-state index is 0.607. The van der Waals surface area contributed by atoms with Gasteiger partial charge in [0.15, 0.2) is 105 Å². The maximum atomic E-state index is 13.4. The number of rotatable bonds is 4. The molecule has 2 N–H and O–H groups in total. The molecule has 0 aliphatic heterocycles. The van der Waals surface area contributed by atoms with E-state index in [1.807, 2.05) is 0 Å². The minimum Gasteiger partial charge on any atom is -0.509 e. The van der Waals surface area contributed by atoms with Crippen molar-refractivity contribution in [2.24, 2.45) is 0 Å². The number of benzene rings is 5. The zero-order valence-electron chi connectivity index (χ0n) is 25.7. The molecular formula is C30H4BF23O3. The second-order valence-electron chi connectivity index (χ2n) is 9.90. The number of halogens is 23. The molecule has 0 heterocycles. The smallest absolute Gasteiger partial charge is 0.509 e. The molecule has 5 aromatic carbocycles. The summed E-state index contributed by atoms with van der Waals surface area (Å²) in [6, 6.07) is 1.35. The molecule has 57 heavy (non-hydrogen) atoms. The second kappa shape index (κ2) is 17.2. The van der Waals surface area contributed by atoms with Crippen LogP contribution in [0.4, 0.5) is 101 Å². The van der Waals surface area contributed by atoms with Crippen LogP contribution in [0.2, 0.25) is 0 Å². The van der Waals surface area contributed by atoms with Gasteiger partial charge in [-0.2, -0.15) is 4.39 Å². The minimum atomic E-state index is -2.68.